The fourth-order valence-electron chi connectivity index (χ4n) is 4.67. The van der Waals surface area contributed by atoms with Gasteiger partial charge in [0, 0.05) is 36.8 Å². The van der Waals surface area contributed by atoms with Gasteiger partial charge < -0.3 is 19.5 Å². The van der Waals surface area contributed by atoms with Crippen molar-refractivity contribution in [2.24, 2.45) is 4.99 Å². The largest absolute Gasteiger partial charge is 0.504 e. The summed E-state index contributed by atoms with van der Waals surface area (Å²) < 4.78 is 11.0. The number of nitrogens with one attached hydrogen (secondary N) is 1. The van der Waals surface area contributed by atoms with E-state index in [2.05, 4.69) is 29.3 Å². The van der Waals surface area contributed by atoms with Gasteiger partial charge in [-0.25, -0.2) is 0 Å². The van der Waals surface area contributed by atoms with Gasteiger partial charge in [0.15, 0.2) is 11.5 Å². The topological polar surface area (TPSA) is 66.3 Å². The summed E-state index contributed by atoms with van der Waals surface area (Å²) in [4.78, 5) is 7.72. The Hall–Kier alpha value is -2.57. The van der Waals surface area contributed by atoms with Crippen LogP contribution < -0.4 is 14.8 Å². The first kappa shape index (κ1) is 21.7. The number of para-hydroxylation sites is 1. The number of hydrogen-bond donors (Lipinski definition) is 2. The Morgan fingerprint density at radius 1 is 1.13 bits per heavy atom. The number of benzene rings is 2. The SMILES string of the molecule is CCOc1ccc(C2=NC3(CCN(CC)CC3)NC(c3cccc(OC)c3O)C2)cc1. The van der Waals surface area contributed by atoms with Crippen LogP contribution in [0.4, 0.5) is 0 Å². The predicted molar refractivity (Wildman–Crippen MR) is 123 cm³/mol. The molecule has 6 nitrogen and oxygen atoms in total. The van der Waals surface area contributed by atoms with Crippen LogP contribution in [0, 0.1) is 0 Å². The summed E-state index contributed by atoms with van der Waals surface area (Å²) in [5.41, 5.74) is 2.71. The van der Waals surface area contributed by atoms with Crippen LogP contribution in [-0.2, 0) is 0 Å². The van der Waals surface area contributed by atoms with Crippen LogP contribution in [0.25, 0.3) is 0 Å². The van der Waals surface area contributed by atoms with Crippen molar-refractivity contribution < 1.29 is 14.6 Å². The van der Waals surface area contributed by atoms with Crippen LogP contribution in [0.5, 0.6) is 17.2 Å². The normalized spacial score (nSPS) is 21.0. The Morgan fingerprint density at radius 2 is 1.87 bits per heavy atom. The number of methoxy groups -OCH3 is 1. The third-order valence-electron chi connectivity index (χ3n) is 6.44. The van der Waals surface area contributed by atoms with E-state index >= 15 is 0 Å². The molecule has 0 amide bonds. The van der Waals surface area contributed by atoms with E-state index in [1.54, 1.807) is 13.2 Å². The third kappa shape index (κ3) is 4.55. The smallest absolute Gasteiger partial charge is 0.162 e. The van der Waals surface area contributed by atoms with E-state index in [-0.39, 0.29) is 17.5 Å². The van der Waals surface area contributed by atoms with Crippen molar-refractivity contribution in [1.29, 1.82) is 0 Å². The minimum absolute atomic E-state index is 0.0395. The van der Waals surface area contributed by atoms with Gasteiger partial charge in [-0.2, -0.15) is 0 Å². The number of aliphatic imine (C=N–C) groups is 1. The molecule has 1 atom stereocenters. The molecule has 0 radical (unpaired) electrons. The molecular formula is C25H33N3O3. The van der Waals surface area contributed by atoms with Crippen molar-refractivity contribution in [3.05, 3.63) is 53.6 Å². The van der Waals surface area contributed by atoms with Gasteiger partial charge in [0.05, 0.1) is 13.7 Å². The monoisotopic (exact) mass is 423 g/mol. The lowest BCUT2D eigenvalue weighted by Gasteiger charge is -2.45. The average molecular weight is 424 g/mol. The molecule has 0 aromatic heterocycles. The molecule has 1 unspecified atom stereocenters. The highest BCUT2D eigenvalue weighted by atomic mass is 16.5. The molecule has 166 valence electrons. The summed E-state index contributed by atoms with van der Waals surface area (Å²) in [6.45, 7) is 7.94. The quantitative estimate of drug-likeness (QED) is 0.731. The van der Waals surface area contributed by atoms with Crippen LogP contribution in [0.3, 0.4) is 0 Å². The molecule has 6 heteroatoms. The standard InChI is InChI=1S/C25H33N3O3/c1-4-28-15-13-25(14-16-28)26-21(18-9-11-19(12-10-18)31-5-2)17-22(27-25)20-7-6-8-23(30-3)24(20)29/h6-12,22,27,29H,4-5,13-17H2,1-3H3. The second kappa shape index (κ2) is 9.28. The molecular weight excluding hydrogens is 390 g/mol. The minimum Gasteiger partial charge on any atom is -0.504 e. The summed E-state index contributed by atoms with van der Waals surface area (Å²) in [5.74, 6) is 1.57. The van der Waals surface area contributed by atoms with Gasteiger partial charge in [-0.15, -0.1) is 0 Å². The number of phenols is 1. The van der Waals surface area contributed by atoms with Crippen LogP contribution >= 0.6 is 0 Å². The molecule has 2 aromatic carbocycles. The van der Waals surface area contributed by atoms with Crippen molar-refractivity contribution in [2.45, 2.75) is 44.8 Å². The second-order valence-corrected chi connectivity index (χ2v) is 8.28. The molecule has 2 aliphatic heterocycles. The lowest BCUT2D eigenvalue weighted by molar-refractivity contribution is 0.129. The zero-order chi connectivity index (χ0) is 21.8. The maximum Gasteiger partial charge on any atom is 0.162 e. The number of ether oxygens (including phenoxy) is 2. The van der Waals surface area contributed by atoms with E-state index in [0.717, 1.165) is 55.1 Å². The first-order chi connectivity index (χ1) is 15.1. The fourth-order valence-corrected chi connectivity index (χ4v) is 4.67. The number of piperidine rings is 1. The van der Waals surface area contributed by atoms with Crippen molar-refractivity contribution in [3.63, 3.8) is 0 Å². The molecule has 0 saturated carbocycles. The highest BCUT2D eigenvalue weighted by molar-refractivity contribution is 6.02. The van der Waals surface area contributed by atoms with Crippen LogP contribution in [0.2, 0.25) is 0 Å². The highest BCUT2D eigenvalue weighted by Gasteiger charge is 2.40. The lowest BCUT2D eigenvalue weighted by Crippen LogP contribution is -2.56. The average Bonchev–Trinajstić information content (AvgIpc) is 2.80. The zero-order valence-corrected chi connectivity index (χ0v) is 18.7. The molecule has 31 heavy (non-hydrogen) atoms. The van der Waals surface area contributed by atoms with Crippen molar-refractivity contribution >= 4 is 5.71 Å². The molecule has 2 aromatic rings. The van der Waals surface area contributed by atoms with E-state index < -0.39 is 0 Å². The summed E-state index contributed by atoms with van der Waals surface area (Å²) in [7, 11) is 1.59. The maximum atomic E-state index is 10.8. The van der Waals surface area contributed by atoms with Gasteiger partial charge in [-0.05, 0) is 62.2 Å². The molecule has 1 spiro atoms. The van der Waals surface area contributed by atoms with Gasteiger partial charge in [-0.1, -0.05) is 19.1 Å². The molecule has 2 heterocycles. The lowest BCUT2D eigenvalue weighted by atomic mass is 9.87. The van der Waals surface area contributed by atoms with Gasteiger partial charge >= 0.3 is 0 Å². The number of nitrogens with zero attached hydrogens (tertiary/aromatic N) is 2. The van der Waals surface area contributed by atoms with E-state index in [0.29, 0.717) is 18.8 Å². The van der Waals surface area contributed by atoms with Gasteiger partial charge in [0.1, 0.15) is 11.4 Å². The Labute approximate surface area is 184 Å². The molecule has 0 bridgehead atoms. The van der Waals surface area contributed by atoms with Crippen molar-refractivity contribution in [1.82, 2.24) is 10.2 Å². The second-order valence-electron chi connectivity index (χ2n) is 8.28. The van der Waals surface area contributed by atoms with Crippen molar-refractivity contribution in [3.8, 4) is 17.2 Å². The number of hydrogen-bond acceptors (Lipinski definition) is 6. The Morgan fingerprint density at radius 3 is 2.52 bits per heavy atom. The molecule has 4 rings (SSSR count). The highest BCUT2D eigenvalue weighted by Crippen LogP contribution is 2.40. The van der Waals surface area contributed by atoms with Crippen LogP contribution in [0.15, 0.2) is 47.5 Å². The van der Waals surface area contributed by atoms with Crippen molar-refractivity contribution in [2.75, 3.05) is 33.4 Å². The summed E-state index contributed by atoms with van der Waals surface area (Å²) in [6.07, 6.45) is 2.60. The Bertz CT molecular complexity index is 918. The number of phenolic OH excluding ortho intramolecular Hbond substituents is 1. The third-order valence-corrected chi connectivity index (χ3v) is 6.44. The van der Waals surface area contributed by atoms with Gasteiger partial charge in [0.2, 0.25) is 0 Å². The summed E-state index contributed by atoms with van der Waals surface area (Å²) in [5, 5.41) is 14.6. The number of likely N-dealkylation sites (tertiary alicyclic amines) is 1. The maximum absolute atomic E-state index is 10.8. The Kier molecular flexibility index (Phi) is 6.49. The molecule has 2 aliphatic rings. The fraction of sp³-hybridized carbons (Fsp3) is 0.480. The van der Waals surface area contributed by atoms with E-state index in [4.69, 9.17) is 14.5 Å². The molecule has 1 saturated heterocycles. The first-order valence-electron chi connectivity index (χ1n) is 11.3. The number of aromatic hydroxyl groups is 1. The van der Waals surface area contributed by atoms with E-state index in [1.165, 1.54) is 0 Å². The molecule has 2 N–H and O–H groups in total. The molecule has 1 fully saturated rings. The zero-order valence-electron chi connectivity index (χ0n) is 18.7. The first-order valence-corrected chi connectivity index (χ1v) is 11.3. The van der Waals surface area contributed by atoms with Gasteiger partial charge in [0.25, 0.3) is 0 Å². The van der Waals surface area contributed by atoms with E-state index in [9.17, 15) is 5.11 Å². The molecule has 0 aliphatic carbocycles. The van der Waals surface area contributed by atoms with Gasteiger partial charge in [-0.3, -0.25) is 10.3 Å². The van der Waals surface area contributed by atoms with Crippen LogP contribution in [0.1, 0.15) is 50.3 Å². The van der Waals surface area contributed by atoms with E-state index in [1.807, 2.05) is 31.2 Å². The number of rotatable bonds is 6. The summed E-state index contributed by atoms with van der Waals surface area (Å²) >= 11 is 0. The van der Waals surface area contributed by atoms with Crippen LogP contribution in [-0.4, -0.2) is 54.7 Å². The predicted octanol–water partition coefficient (Wildman–Crippen LogP) is 4.14. The minimum atomic E-state index is -0.321. The summed E-state index contributed by atoms with van der Waals surface area (Å²) in [6, 6.07) is 13.9. The Balaban J connectivity index is 1.69.